The number of rotatable bonds is 4. The molecule has 2 atom stereocenters. The summed E-state index contributed by atoms with van der Waals surface area (Å²) >= 11 is 0. The molecule has 0 aliphatic carbocycles. The summed E-state index contributed by atoms with van der Waals surface area (Å²) in [6, 6.07) is 0. The molecular weight excluding hydrogens is 166 g/mol. The van der Waals surface area contributed by atoms with E-state index in [1.165, 1.54) is 0 Å². The minimum atomic E-state index is -0.676. The van der Waals surface area contributed by atoms with Crippen LogP contribution in [0.3, 0.4) is 0 Å². The second kappa shape index (κ2) is 4.09. The third-order valence-corrected chi connectivity index (χ3v) is 3.05. The van der Waals surface area contributed by atoms with Crippen molar-refractivity contribution in [2.24, 2.45) is 5.92 Å². The Morgan fingerprint density at radius 1 is 1.69 bits per heavy atom. The lowest BCUT2D eigenvalue weighted by molar-refractivity contribution is -0.145. The van der Waals surface area contributed by atoms with Gasteiger partial charge in [0.1, 0.15) is 5.54 Å². The fourth-order valence-electron chi connectivity index (χ4n) is 1.99. The van der Waals surface area contributed by atoms with Crippen LogP contribution in [0.4, 0.5) is 0 Å². The van der Waals surface area contributed by atoms with Crippen LogP contribution < -0.4 is 5.32 Å². The van der Waals surface area contributed by atoms with Crippen LogP contribution in [-0.4, -0.2) is 23.2 Å². The number of aliphatic carboxylic acids is 1. The van der Waals surface area contributed by atoms with E-state index in [2.05, 4.69) is 19.2 Å². The SMILES string of the molecule is CCC(C)CC1(C(=O)O)CCCN1. The van der Waals surface area contributed by atoms with Gasteiger partial charge >= 0.3 is 5.97 Å². The standard InChI is InChI=1S/C10H19NO2/c1-3-8(2)7-10(9(12)13)5-4-6-11-10/h8,11H,3-7H2,1-2H3,(H,12,13). The molecular formula is C10H19NO2. The molecule has 3 heteroatoms. The molecule has 2 N–H and O–H groups in total. The second-order valence-electron chi connectivity index (χ2n) is 4.14. The lowest BCUT2D eigenvalue weighted by Crippen LogP contribution is -2.48. The number of hydrogen-bond donors (Lipinski definition) is 2. The van der Waals surface area contributed by atoms with E-state index >= 15 is 0 Å². The van der Waals surface area contributed by atoms with Crippen molar-refractivity contribution in [2.45, 2.75) is 45.1 Å². The lowest BCUT2D eigenvalue weighted by Gasteiger charge is -2.27. The number of carboxylic acids is 1. The van der Waals surface area contributed by atoms with E-state index in [4.69, 9.17) is 5.11 Å². The van der Waals surface area contributed by atoms with E-state index in [0.717, 1.165) is 32.2 Å². The maximum absolute atomic E-state index is 11.1. The lowest BCUT2D eigenvalue weighted by atomic mass is 9.86. The molecule has 2 unspecified atom stereocenters. The molecule has 0 saturated carbocycles. The Bertz CT molecular complexity index is 185. The van der Waals surface area contributed by atoms with Crippen molar-refractivity contribution in [3.63, 3.8) is 0 Å². The molecule has 1 aliphatic heterocycles. The Morgan fingerprint density at radius 2 is 2.38 bits per heavy atom. The molecule has 0 aromatic rings. The Morgan fingerprint density at radius 3 is 2.77 bits per heavy atom. The summed E-state index contributed by atoms with van der Waals surface area (Å²) in [6.45, 7) is 5.07. The van der Waals surface area contributed by atoms with Crippen molar-refractivity contribution in [3.8, 4) is 0 Å². The minimum Gasteiger partial charge on any atom is -0.480 e. The van der Waals surface area contributed by atoms with Gasteiger partial charge in [0.2, 0.25) is 0 Å². The first-order valence-corrected chi connectivity index (χ1v) is 5.09. The van der Waals surface area contributed by atoms with Gasteiger partial charge in [-0.05, 0) is 31.7 Å². The van der Waals surface area contributed by atoms with E-state index in [1.54, 1.807) is 0 Å². The van der Waals surface area contributed by atoms with Crippen LogP contribution in [0, 0.1) is 5.92 Å². The van der Waals surface area contributed by atoms with Gasteiger partial charge in [0.05, 0.1) is 0 Å². The average Bonchev–Trinajstić information content (AvgIpc) is 2.54. The fourth-order valence-corrected chi connectivity index (χ4v) is 1.99. The highest BCUT2D eigenvalue weighted by atomic mass is 16.4. The molecule has 1 fully saturated rings. The zero-order valence-corrected chi connectivity index (χ0v) is 8.47. The van der Waals surface area contributed by atoms with Crippen LogP contribution in [-0.2, 0) is 4.79 Å². The molecule has 1 heterocycles. The Labute approximate surface area is 79.5 Å². The van der Waals surface area contributed by atoms with Crippen molar-refractivity contribution < 1.29 is 9.90 Å². The molecule has 1 rings (SSSR count). The number of carboxylic acid groups (broad SMARTS) is 1. The van der Waals surface area contributed by atoms with Crippen LogP contribution in [0.2, 0.25) is 0 Å². The summed E-state index contributed by atoms with van der Waals surface area (Å²) in [5.74, 6) is -0.188. The predicted molar refractivity (Wildman–Crippen MR) is 51.7 cm³/mol. The largest absolute Gasteiger partial charge is 0.480 e. The molecule has 1 aliphatic rings. The minimum absolute atomic E-state index is 0.488. The first kappa shape index (κ1) is 10.5. The summed E-state index contributed by atoms with van der Waals surface area (Å²) in [6.07, 6.45) is 3.59. The molecule has 13 heavy (non-hydrogen) atoms. The topological polar surface area (TPSA) is 49.3 Å². The summed E-state index contributed by atoms with van der Waals surface area (Å²) < 4.78 is 0. The average molecular weight is 185 g/mol. The zero-order valence-electron chi connectivity index (χ0n) is 8.47. The highest BCUT2D eigenvalue weighted by molar-refractivity contribution is 5.79. The van der Waals surface area contributed by atoms with Crippen LogP contribution >= 0.6 is 0 Å². The second-order valence-corrected chi connectivity index (χ2v) is 4.14. The van der Waals surface area contributed by atoms with Gasteiger partial charge in [0.15, 0.2) is 0 Å². The first-order chi connectivity index (χ1) is 6.10. The molecule has 76 valence electrons. The van der Waals surface area contributed by atoms with E-state index in [1.807, 2.05) is 0 Å². The molecule has 0 spiro atoms. The van der Waals surface area contributed by atoms with Crippen LogP contribution in [0.1, 0.15) is 39.5 Å². The Kier molecular flexibility index (Phi) is 3.31. The van der Waals surface area contributed by atoms with Gasteiger partial charge in [-0.25, -0.2) is 0 Å². The maximum atomic E-state index is 11.1. The van der Waals surface area contributed by atoms with Crippen LogP contribution in [0.25, 0.3) is 0 Å². The van der Waals surface area contributed by atoms with Gasteiger partial charge in [-0.1, -0.05) is 20.3 Å². The van der Waals surface area contributed by atoms with Gasteiger partial charge in [-0.3, -0.25) is 4.79 Å². The van der Waals surface area contributed by atoms with E-state index in [9.17, 15) is 4.79 Å². The van der Waals surface area contributed by atoms with E-state index in [-0.39, 0.29) is 0 Å². The first-order valence-electron chi connectivity index (χ1n) is 5.09. The molecule has 0 amide bonds. The third-order valence-electron chi connectivity index (χ3n) is 3.05. The summed E-state index contributed by atoms with van der Waals surface area (Å²) in [5, 5.41) is 12.3. The van der Waals surface area contributed by atoms with Gasteiger partial charge in [0, 0.05) is 0 Å². The van der Waals surface area contributed by atoms with Gasteiger partial charge in [-0.15, -0.1) is 0 Å². The van der Waals surface area contributed by atoms with Crippen LogP contribution in [0.5, 0.6) is 0 Å². The molecule has 3 nitrogen and oxygen atoms in total. The van der Waals surface area contributed by atoms with Gasteiger partial charge < -0.3 is 10.4 Å². The monoisotopic (exact) mass is 185 g/mol. The maximum Gasteiger partial charge on any atom is 0.323 e. The highest BCUT2D eigenvalue weighted by Gasteiger charge is 2.41. The third kappa shape index (κ3) is 2.21. The van der Waals surface area contributed by atoms with Crippen molar-refractivity contribution >= 4 is 5.97 Å². The normalized spacial score (nSPS) is 30.3. The smallest absolute Gasteiger partial charge is 0.323 e. The molecule has 0 aromatic heterocycles. The number of hydrogen-bond acceptors (Lipinski definition) is 2. The number of nitrogens with one attached hydrogen (secondary N) is 1. The predicted octanol–water partition coefficient (Wildman–Crippen LogP) is 1.63. The molecule has 0 aromatic carbocycles. The summed E-state index contributed by atoms with van der Waals surface area (Å²) in [7, 11) is 0. The van der Waals surface area contributed by atoms with E-state index in [0.29, 0.717) is 5.92 Å². The van der Waals surface area contributed by atoms with Crippen molar-refractivity contribution in [1.29, 1.82) is 0 Å². The Hall–Kier alpha value is -0.570. The summed E-state index contributed by atoms with van der Waals surface area (Å²) in [5.41, 5.74) is -0.616. The van der Waals surface area contributed by atoms with Gasteiger partial charge in [0.25, 0.3) is 0 Å². The van der Waals surface area contributed by atoms with Crippen molar-refractivity contribution in [3.05, 3.63) is 0 Å². The summed E-state index contributed by atoms with van der Waals surface area (Å²) in [4.78, 5) is 11.1. The van der Waals surface area contributed by atoms with Crippen LogP contribution in [0.15, 0.2) is 0 Å². The fraction of sp³-hybridized carbons (Fsp3) is 0.900. The Balaban J connectivity index is 2.62. The molecule has 0 bridgehead atoms. The van der Waals surface area contributed by atoms with Gasteiger partial charge in [-0.2, -0.15) is 0 Å². The quantitative estimate of drug-likeness (QED) is 0.700. The van der Waals surface area contributed by atoms with E-state index < -0.39 is 11.5 Å². The number of carbonyl (C=O) groups is 1. The van der Waals surface area contributed by atoms with Crippen molar-refractivity contribution in [1.82, 2.24) is 5.32 Å². The zero-order chi connectivity index (χ0) is 9.90. The molecule has 0 radical (unpaired) electrons. The highest BCUT2D eigenvalue weighted by Crippen LogP contribution is 2.28. The molecule has 1 saturated heterocycles. The van der Waals surface area contributed by atoms with Crippen molar-refractivity contribution in [2.75, 3.05) is 6.54 Å².